The van der Waals surface area contributed by atoms with Gasteiger partial charge in [-0.1, -0.05) is 5.16 Å². The second kappa shape index (κ2) is 4.96. The third-order valence-electron chi connectivity index (χ3n) is 3.96. The van der Waals surface area contributed by atoms with E-state index >= 15 is 0 Å². The molecule has 0 spiro atoms. The van der Waals surface area contributed by atoms with Crippen LogP contribution in [0.1, 0.15) is 45.6 Å². The fraction of sp³-hybridized carbons (Fsp3) is 0.714. The zero-order valence-corrected chi connectivity index (χ0v) is 11.7. The zero-order valence-electron chi connectivity index (χ0n) is 11.7. The Balaban J connectivity index is 1.55. The van der Waals surface area contributed by atoms with Crippen LogP contribution in [-0.2, 0) is 4.84 Å². The number of hydrogen-bond acceptors (Lipinski definition) is 4. The van der Waals surface area contributed by atoms with Crippen LogP contribution in [0, 0.1) is 0 Å². The van der Waals surface area contributed by atoms with Crippen molar-refractivity contribution >= 4 is 5.71 Å². The third kappa shape index (κ3) is 2.81. The van der Waals surface area contributed by atoms with E-state index in [1.807, 2.05) is 12.3 Å². The Morgan fingerprint density at radius 2 is 2.37 bits per heavy atom. The quantitative estimate of drug-likeness (QED) is 0.904. The van der Waals surface area contributed by atoms with E-state index in [2.05, 4.69) is 40.3 Å². The zero-order chi connectivity index (χ0) is 13.3. The van der Waals surface area contributed by atoms with Crippen molar-refractivity contribution in [1.82, 2.24) is 15.1 Å². The summed E-state index contributed by atoms with van der Waals surface area (Å²) in [7, 11) is 0. The average Bonchev–Trinajstić information content (AvgIpc) is 3.04. The van der Waals surface area contributed by atoms with Gasteiger partial charge < -0.3 is 10.2 Å². The van der Waals surface area contributed by atoms with E-state index in [0.29, 0.717) is 12.1 Å². The smallest absolute Gasteiger partial charge is 0.137 e. The molecule has 0 unspecified atom stereocenters. The van der Waals surface area contributed by atoms with Gasteiger partial charge in [0.1, 0.15) is 5.60 Å². The largest absolute Gasteiger partial charge is 0.389 e. The minimum absolute atomic E-state index is 0.131. The molecule has 5 nitrogen and oxygen atoms in total. The first-order chi connectivity index (χ1) is 9.14. The van der Waals surface area contributed by atoms with E-state index in [9.17, 15) is 0 Å². The SMILES string of the molecule is CC1(C)CC(CN[C@@H]2CCC[C@@H]2n2cccn2)=NO1. The van der Waals surface area contributed by atoms with Gasteiger partial charge in [0.2, 0.25) is 0 Å². The monoisotopic (exact) mass is 262 g/mol. The molecular formula is C14H22N4O. The highest BCUT2D eigenvalue weighted by Crippen LogP contribution is 2.29. The summed E-state index contributed by atoms with van der Waals surface area (Å²) in [6.45, 7) is 4.98. The molecule has 0 bridgehead atoms. The summed E-state index contributed by atoms with van der Waals surface area (Å²) in [5.41, 5.74) is 0.991. The highest BCUT2D eigenvalue weighted by atomic mass is 16.7. The molecule has 0 radical (unpaired) electrons. The van der Waals surface area contributed by atoms with Gasteiger partial charge in [-0.3, -0.25) is 4.68 Å². The van der Waals surface area contributed by atoms with Gasteiger partial charge in [-0.2, -0.15) is 5.10 Å². The molecule has 0 saturated heterocycles. The number of oxime groups is 1. The molecule has 2 atom stereocenters. The number of rotatable bonds is 4. The van der Waals surface area contributed by atoms with E-state index < -0.39 is 0 Å². The lowest BCUT2D eigenvalue weighted by atomic mass is 10.0. The summed E-state index contributed by atoms with van der Waals surface area (Å²) >= 11 is 0. The van der Waals surface area contributed by atoms with E-state index in [-0.39, 0.29) is 5.60 Å². The van der Waals surface area contributed by atoms with Gasteiger partial charge in [0, 0.05) is 31.4 Å². The molecule has 2 heterocycles. The number of aromatic nitrogens is 2. The van der Waals surface area contributed by atoms with Crippen molar-refractivity contribution in [2.45, 2.75) is 57.2 Å². The van der Waals surface area contributed by atoms with Crippen LogP contribution in [-0.4, -0.2) is 33.7 Å². The molecule has 1 N–H and O–H groups in total. The lowest BCUT2D eigenvalue weighted by Gasteiger charge is -2.21. The summed E-state index contributed by atoms with van der Waals surface area (Å²) in [4.78, 5) is 5.40. The Morgan fingerprint density at radius 1 is 1.47 bits per heavy atom. The first kappa shape index (κ1) is 12.7. The van der Waals surface area contributed by atoms with Crippen LogP contribution in [0.2, 0.25) is 0 Å². The maximum atomic E-state index is 5.40. The van der Waals surface area contributed by atoms with Crippen LogP contribution in [0.4, 0.5) is 0 Å². The first-order valence-corrected chi connectivity index (χ1v) is 7.10. The van der Waals surface area contributed by atoms with Crippen LogP contribution in [0.5, 0.6) is 0 Å². The molecule has 1 aliphatic heterocycles. The maximum Gasteiger partial charge on any atom is 0.137 e. The molecule has 1 aromatic rings. The predicted molar refractivity (Wildman–Crippen MR) is 74.1 cm³/mol. The Kier molecular flexibility index (Phi) is 3.31. The lowest BCUT2D eigenvalue weighted by molar-refractivity contribution is 0.0123. The summed E-state index contributed by atoms with van der Waals surface area (Å²) in [5, 5.41) is 12.2. The summed E-state index contributed by atoms with van der Waals surface area (Å²) < 4.78 is 2.08. The van der Waals surface area contributed by atoms with Gasteiger partial charge in [0.15, 0.2) is 0 Å². The van der Waals surface area contributed by atoms with E-state index in [4.69, 9.17) is 4.84 Å². The lowest BCUT2D eigenvalue weighted by Crippen LogP contribution is -2.37. The van der Waals surface area contributed by atoms with Crippen molar-refractivity contribution in [1.29, 1.82) is 0 Å². The first-order valence-electron chi connectivity index (χ1n) is 7.10. The molecule has 5 heteroatoms. The number of nitrogens with one attached hydrogen (secondary N) is 1. The minimum atomic E-state index is -0.131. The van der Waals surface area contributed by atoms with Crippen LogP contribution in [0.25, 0.3) is 0 Å². The Hall–Kier alpha value is -1.36. The van der Waals surface area contributed by atoms with E-state index in [1.165, 1.54) is 19.3 Å². The molecule has 0 aromatic carbocycles. The van der Waals surface area contributed by atoms with Crippen LogP contribution < -0.4 is 5.32 Å². The molecule has 2 aliphatic rings. The van der Waals surface area contributed by atoms with Crippen molar-refractivity contribution in [3.63, 3.8) is 0 Å². The second-order valence-electron chi connectivity index (χ2n) is 6.16. The maximum absolute atomic E-state index is 5.40. The highest BCUT2D eigenvalue weighted by Gasteiger charge is 2.32. The fourth-order valence-corrected chi connectivity index (χ4v) is 3.06. The molecule has 104 valence electrons. The molecule has 1 aliphatic carbocycles. The van der Waals surface area contributed by atoms with E-state index in [0.717, 1.165) is 18.7 Å². The summed E-state index contributed by atoms with van der Waals surface area (Å²) in [6.07, 6.45) is 8.50. The van der Waals surface area contributed by atoms with Gasteiger partial charge in [-0.05, 0) is 39.2 Å². The molecule has 1 saturated carbocycles. The fourth-order valence-electron chi connectivity index (χ4n) is 3.06. The second-order valence-corrected chi connectivity index (χ2v) is 6.16. The van der Waals surface area contributed by atoms with Crippen molar-refractivity contribution < 1.29 is 4.84 Å². The third-order valence-corrected chi connectivity index (χ3v) is 3.96. The minimum Gasteiger partial charge on any atom is -0.389 e. The topological polar surface area (TPSA) is 51.4 Å². The normalized spacial score (nSPS) is 29.3. The molecule has 0 amide bonds. The average molecular weight is 262 g/mol. The molecule has 1 aromatic heterocycles. The van der Waals surface area contributed by atoms with Crippen molar-refractivity contribution in [2.24, 2.45) is 5.16 Å². The Morgan fingerprint density at radius 3 is 3.05 bits per heavy atom. The van der Waals surface area contributed by atoms with Crippen LogP contribution >= 0.6 is 0 Å². The van der Waals surface area contributed by atoms with Gasteiger partial charge in [-0.15, -0.1) is 0 Å². The molecular weight excluding hydrogens is 240 g/mol. The van der Waals surface area contributed by atoms with Gasteiger partial charge in [0.25, 0.3) is 0 Å². The van der Waals surface area contributed by atoms with Gasteiger partial charge >= 0.3 is 0 Å². The van der Waals surface area contributed by atoms with Gasteiger partial charge in [0.05, 0.1) is 11.8 Å². The highest BCUT2D eigenvalue weighted by molar-refractivity contribution is 5.87. The standard InChI is InChI=1S/C14H22N4O/c1-14(2)9-11(17-19-14)10-15-12-5-3-6-13(12)18-8-4-7-16-18/h4,7-8,12-13,15H,3,5-6,9-10H2,1-2H3/t12-,13+/m1/s1. The summed E-state index contributed by atoms with van der Waals surface area (Å²) in [5.74, 6) is 0. The molecule has 19 heavy (non-hydrogen) atoms. The summed E-state index contributed by atoms with van der Waals surface area (Å²) in [6, 6.07) is 2.96. The van der Waals surface area contributed by atoms with Gasteiger partial charge in [-0.25, -0.2) is 0 Å². The predicted octanol–water partition coefficient (Wildman–Crippen LogP) is 2.12. The Bertz CT molecular complexity index is 452. The van der Waals surface area contributed by atoms with Crippen molar-refractivity contribution in [3.05, 3.63) is 18.5 Å². The van der Waals surface area contributed by atoms with Crippen molar-refractivity contribution in [2.75, 3.05) is 6.54 Å². The van der Waals surface area contributed by atoms with Crippen LogP contribution in [0.15, 0.2) is 23.6 Å². The molecule has 1 fully saturated rings. The van der Waals surface area contributed by atoms with E-state index in [1.54, 1.807) is 0 Å². The number of nitrogens with zero attached hydrogens (tertiary/aromatic N) is 3. The van der Waals surface area contributed by atoms with Crippen molar-refractivity contribution in [3.8, 4) is 0 Å². The van der Waals surface area contributed by atoms with Crippen LogP contribution in [0.3, 0.4) is 0 Å². The number of hydrogen-bond donors (Lipinski definition) is 1. The molecule has 3 rings (SSSR count). The Labute approximate surface area is 114 Å².